The highest BCUT2D eigenvalue weighted by atomic mass is 35.5. The van der Waals surface area contributed by atoms with Crippen molar-refractivity contribution in [3.05, 3.63) is 35.4 Å². The predicted molar refractivity (Wildman–Crippen MR) is 60.2 cm³/mol. The molecule has 0 heterocycles. The molecule has 0 N–H and O–H groups in total. The van der Waals surface area contributed by atoms with Gasteiger partial charge in [0.05, 0.1) is 5.88 Å². The molecular weight excluding hydrogens is 196 g/mol. The van der Waals surface area contributed by atoms with Crippen LogP contribution >= 0.6 is 11.6 Å². The van der Waals surface area contributed by atoms with Crippen molar-refractivity contribution in [3.63, 3.8) is 0 Å². The molecule has 0 bridgehead atoms. The van der Waals surface area contributed by atoms with Gasteiger partial charge in [-0.15, -0.1) is 11.6 Å². The molecule has 0 spiro atoms. The van der Waals surface area contributed by atoms with E-state index in [0.717, 1.165) is 6.42 Å². The van der Waals surface area contributed by atoms with Crippen LogP contribution < -0.4 is 0 Å². The molecule has 1 atom stereocenters. The average Bonchev–Trinajstić information content (AvgIpc) is 2.27. The molecule has 1 aromatic rings. The first kappa shape index (κ1) is 11.3. The third-order valence-electron chi connectivity index (χ3n) is 2.54. The number of halogens is 1. The second-order valence-corrected chi connectivity index (χ2v) is 3.76. The molecule has 0 amide bonds. The van der Waals surface area contributed by atoms with Gasteiger partial charge in [-0.3, -0.25) is 4.79 Å². The van der Waals surface area contributed by atoms with Crippen LogP contribution in [0.3, 0.4) is 0 Å². The second-order valence-electron chi connectivity index (χ2n) is 3.49. The van der Waals surface area contributed by atoms with E-state index in [-0.39, 0.29) is 11.7 Å². The summed E-state index contributed by atoms with van der Waals surface area (Å²) in [6.07, 6.45) is 1.11. The molecule has 0 aromatic heterocycles. The van der Waals surface area contributed by atoms with Crippen LogP contribution in [-0.4, -0.2) is 11.7 Å². The number of ketones is 1. The van der Waals surface area contributed by atoms with Crippen molar-refractivity contribution in [1.82, 2.24) is 0 Å². The van der Waals surface area contributed by atoms with E-state index in [4.69, 9.17) is 11.6 Å². The van der Waals surface area contributed by atoms with Crippen LogP contribution in [0.15, 0.2) is 24.3 Å². The summed E-state index contributed by atoms with van der Waals surface area (Å²) in [5.74, 6) is 0.598. The lowest BCUT2D eigenvalue weighted by Crippen LogP contribution is -2.00. The number of hydrogen-bond donors (Lipinski definition) is 0. The van der Waals surface area contributed by atoms with Crippen molar-refractivity contribution in [2.75, 3.05) is 5.88 Å². The van der Waals surface area contributed by atoms with Crippen molar-refractivity contribution in [2.45, 2.75) is 26.2 Å². The first-order valence-corrected chi connectivity index (χ1v) is 5.41. The number of rotatable bonds is 4. The maximum Gasteiger partial charge on any atom is 0.177 e. The van der Waals surface area contributed by atoms with Crippen molar-refractivity contribution < 1.29 is 4.79 Å². The first-order valence-electron chi connectivity index (χ1n) is 4.88. The summed E-state index contributed by atoms with van der Waals surface area (Å²) in [6.45, 7) is 4.33. The number of carbonyl (C=O) groups is 1. The first-order chi connectivity index (χ1) is 6.69. The quantitative estimate of drug-likeness (QED) is 0.548. The monoisotopic (exact) mass is 210 g/mol. The third kappa shape index (κ3) is 2.58. The highest BCUT2D eigenvalue weighted by Crippen LogP contribution is 2.18. The van der Waals surface area contributed by atoms with E-state index >= 15 is 0 Å². The summed E-state index contributed by atoms with van der Waals surface area (Å²) < 4.78 is 0. The van der Waals surface area contributed by atoms with Gasteiger partial charge in [-0.1, -0.05) is 38.1 Å². The smallest absolute Gasteiger partial charge is 0.177 e. The van der Waals surface area contributed by atoms with Gasteiger partial charge in [0.1, 0.15) is 0 Å². The number of alkyl halides is 1. The zero-order valence-electron chi connectivity index (χ0n) is 8.59. The average molecular weight is 211 g/mol. The molecule has 0 aliphatic carbocycles. The molecule has 0 radical (unpaired) electrons. The predicted octanol–water partition coefficient (Wildman–Crippen LogP) is 3.62. The van der Waals surface area contributed by atoms with Crippen LogP contribution in [0.25, 0.3) is 0 Å². The van der Waals surface area contributed by atoms with Gasteiger partial charge in [0, 0.05) is 5.56 Å². The number of Topliss-reactive ketones (excluding diaryl/α,β-unsaturated/α-hetero) is 1. The van der Waals surface area contributed by atoms with E-state index < -0.39 is 0 Å². The Morgan fingerprint density at radius 1 is 1.36 bits per heavy atom. The summed E-state index contributed by atoms with van der Waals surface area (Å²) >= 11 is 5.47. The molecule has 0 aliphatic heterocycles. The second kappa shape index (κ2) is 5.16. The molecule has 0 fully saturated rings. The molecule has 0 saturated heterocycles. The topological polar surface area (TPSA) is 17.1 Å². The number of hydrogen-bond acceptors (Lipinski definition) is 1. The molecular formula is C12H15ClO. The van der Waals surface area contributed by atoms with Gasteiger partial charge in [-0.25, -0.2) is 0 Å². The number of carbonyl (C=O) groups excluding carboxylic acids is 1. The molecule has 1 aromatic carbocycles. The highest BCUT2D eigenvalue weighted by Gasteiger charge is 2.06. The lowest BCUT2D eigenvalue weighted by molar-refractivity contribution is 0.102. The van der Waals surface area contributed by atoms with Gasteiger partial charge in [0.15, 0.2) is 5.78 Å². The molecule has 1 unspecified atom stereocenters. The molecule has 14 heavy (non-hydrogen) atoms. The largest absolute Gasteiger partial charge is 0.293 e. The molecule has 1 rings (SSSR count). The highest BCUT2D eigenvalue weighted by molar-refractivity contribution is 6.30. The SMILES string of the molecule is CCC(C)c1ccc(C(=O)CCl)cc1. The van der Waals surface area contributed by atoms with Crippen LogP contribution in [0, 0.1) is 0 Å². The minimum absolute atomic E-state index is 0.0117. The Kier molecular flexibility index (Phi) is 4.15. The Bertz CT molecular complexity index is 303. The van der Waals surface area contributed by atoms with Crippen molar-refractivity contribution in [1.29, 1.82) is 0 Å². The van der Waals surface area contributed by atoms with Gasteiger partial charge in [-0.05, 0) is 17.9 Å². The fourth-order valence-electron chi connectivity index (χ4n) is 1.31. The standard InChI is InChI=1S/C12H15ClO/c1-3-9(2)10-4-6-11(7-5-10)12(14)8-13/h4-7,9H,3,8H2,1-2H3. The van der Waals surface area contributed by atoms with Crippen LogP contribution in [-0.2, 0) is 0 Å². The van der Waals surface area contributed by atoms with Crippen LogP contribution in [0.5, 0.6) is 0 Å². The normalized spacial score (nSPS) is 12.5. The molecule has 0 aliphatic rings. The molecule has 2 heteroatoms. The lowest BCUT2D eigenvalue weighted by Gasteiger charge is -2.08. The van der Waals surface area contributed by atoms with E-state index in [1.54, 1.807) is 0 Å². The third-order valence-corrected chi connectivity index (χ3v) is 2.78. The molecule has 0 saturated carbocycles. The zero-order valence-corrected chi connectivity index (χ0v) is 9.34. The minimum atomic E-state index is -0.0117. The molecule has 76 valence electrons. The van der Waals surface area contributed by atoms with Gasteiger partial charge < -0.3 is 0 Å². The van der Waals surface area contributed by atoms with Crippen LogP contribution in [0.1, 0.15) is 42.1 Å². The fraction of sp³-hybridized carbons (Fsp3) is 0.417. The van der Waals surface area contributed by atoms with Crippen molar-refractivity contribution >= 4 is 17.4 Å². The van der Waals surface area contributed by atoms with E-state index in [9.17, 15) is 4.79 Å². The van der Waals surface area contributed by atoms with Crippen LogP contribution in [0.4, 0.5) is 0 Å². The Morgan fingerprint density at radius 2 is 1.93 bits per heavy atom. The Hall–Kier alpha value is -0.820. The van der Waals surface area contributed by atoms with Crippen molar-refractivity contribution in [3.8, 4) is 0 Å². The summed E-state index contributed by atoms with van der Waals surface area (Å²) in [5.41, 5.74) is 1.98. The summed E-state index contributed by atoms with van der Waals surface area (Å²) in [6, 6.07) is 7.72. The maximum absolute atomic E-state index is 11.2. The zero-order chi connectivity index (χ0) is 10.6. The van der Waals surface area contributed by atoms with Crippen molar-refractivity contribution in [2.24, 2.45) is 0 Å². The maximum atomic E-state index is 11.2. The van der Waals surface area contributed by atoms with Gasteiger partial charge >= 0.3 is 0 Å². The Balaban J connectivity index is 2.83. The van der Waals surface area contributed by atoms with Gasteiger partial charge in [0.25, 0.3) is 0 Å². The van der Waals surface area contributed by atoms with E-state index in [0.29, 0.717) is 11.5 Å². The lowest BCUT2D eigenvalue weighted by atomic mass is 9.97. The minimum Gasteiger partial charge on any atom is -0.293 e. The fourth-order valence-corrected chi connectivity index (χ4v) is 1.46. The Labute approximate surface area is 90.1 Å². The van der Waals surface area contributed by atoms with E-state index in [2.05, 4.69) is 13.8 Å². The number of benzene rings is 1. The summed E-state index contributed by atoms with van der Waals surface area (Å²) in [7, 11) is 0. The summed E-state index contributed by atoms with van der Waals surface area (Å²) in [5, 5.41) is 0. The Morgan fingerprint density at radius 3 is 2.36 bits per heavy atom. The molecule has 1 nitrogen and oxygen atoms in total. The van der Waals surface area contributed by atoms with Crippen LogP contribution in [0.2, 0.25) is 0 Å². The van der Waals surface area contributed by atoms with Gasteiger partial charge in [-0.2, -0.15) is 0 Å². The van der Waals surface area contributed by atoms with E-state index in [1.165, 1.54) is 5.56 Å². The summed E-state index contributed by atoms with van der Waals surface area (Å²) in [4.78, 5) is 11.2. The van der Waals surface area contributed by atoms with E-state index in [1.807, 2.05) is 24.3 Å². The van der Waals surface area contributed by atoms with Gasteiger partial charge in [0.2, 0.25) is 0 Å².